The molecule has 3 nitrogen and oxygen atoms in total. The lowest BCUT2D eigenvalue weighted by molar-refractivity contribution is 0.174. The smallest absolute Gasteiger partial charge is 0.231 e. The van der Waals surface area contributed by atoms with Gasteiger partial charge in [-0.15, -0.1) is 0 Å². The number of halogens is 1. The summed E-state index contributed by atoms with van der Waals surface area (Å²) in [6.45, 7) is 0.294. The molecule has 0 spiro atoms. The summed E-state index contributed by atoms with van der Waals surface area (Å²) >= 11 is 7.14. The molecule has 1 aromatic heterocycles. The summed E-state index contributed by atoms with van der Waals surface area (Å²) in [6, 6.07) is 7.64. The number of ether oxygens (including phenoxy) is 2. The lowest BCUT2D eigenvalue weighted by Crippen LogP contribution is -1.92. The zero-order chi connectivity index (χ0) is 10.3. The number of benzene rings is 1. The Morgan fingerprint density at radius 3 is 2.87 bits per heavy atom. The molecule has 0 aliphatic carbocycles. The predicted octanol–water partition coefficient (Wildman–Crippen LogP) is 3.19. The first-order valence-corrected chi connectivity index (χ1v) is 5.50. The van der Waals surface area contributed by atoms with Crippen LogP contribution in [0.15, 0.2) is 24.3 Å². The zero-order valence-electron chi connectivity index (χ0n) is 7.57. The van der Waals surface area contributed by atoms with E-state index in [4.69, 9.17) is 21.1 Å². The second kappa shape index (κ2) is 3.40. The summed E-state index contributed by atoms with van der Waals surface area (Å²) in [7, 11) is 0. The normalized spacial score (nSPS) is 13.1. The molecular formula is C10H6ClNO2S. The van der Waals surface area contributed by atoms with Gasteiger partial charge in [-0.25, -0.2) is 0 Å². The topological polar surface area (TPSA) is 31.4 Å². The van der Waals surface area contributed by atoms with Crippen LogP contribution in [-0.2, 0) is 0 Å². The van der Waals surface area contributed by atoms with Crippen molar-refractivity contribution in [2.75, 3.05) is 6.79 Å². The van der Waals surface area contributed by atoms with Crippen LogP contribution in [0.1, 0.15) is 0 Å². The van der Waals surface area contributed by atoms with Gasteiger partial charge in [0.15, 0.2) is 11.5 Å². The molecule has 0 saturated carbocycles. The van der Waals surface area contributed by atoms with E-state index in [0.717, 1.165) is 21.9 Å². The van der Waals surface area contributed by atoms with Gasteiger partial charge >= 0.3 is 0 Å². The fraction of sp³-hybridized carbons (Fsp3) is 0.100. The van der Waals surface area contributed by atoms with Crippen molar-refractivity contribution in [2.24, 2.45) is 0 Å². The van der Waals surface area contributed by atoms with Crippen molar-refractivity contribution >= 4 is 23.1 Å². The second-order valence-electron chi connectivity index (χ2n) is 3.08. The number of hydrogen-bond donors (Lipinski definition) is 0. The number of hydrogen-bond acceptors (Lipinski definition) is 4. The molecule has 0 bridgehead atoms. The maximum Gasteiger partial charge on any atom is 0.231 e. The first-order chi connectivity index (χ1) is 7.33. The Bertz CT molecular complexity index is 512. The van der Waals surface area contributed by atoms with Gasteiger partial charge < -0.3 is 9.47 Å². The standard InChI is InChI=1S/C10H6ClNO2S/c11-10-4-9(15-12-10)6-1-2-7-8(3-6)14-5-13-7/h1-4H,5H2. The minimum atomic E-state index is 0.294. The van der Waals surface area contributed by atoms with Crippen molar-refractivity contribution in [2.45, 2.75) is 0 Å². The van der Waals surface area contributed by atoms with Crippen LogP contribution in [0, 0.1) is 0 Å². The van der Waals surface area contributed by atoms with Gasteiger partial charge in [-0.05, 0) is 41.4 Å². The summed E-state index contributed by atoms with van der Waals surface area (Å²) < 4.78 is 14.6. The maximum absolute atomic E-state index is 5.77. The molecule has 5 heteroatoms. The van der Waals surface area contributed by atoms with Gasteiger partial charge in [0.1, 0.15) is 5.15 Å². The molecule has 0 unspecified atom stereocenters. The van der Waals surface area contributed by atoms with E-state index in [9.17, 15) is 0 Å². The number of nitrogens with zero attached hydrogens (tertiary/aromatic N) is 1. The van der Waals surface area contributed by atoms with Gasteiger partial charge in [0, 0.05) is 0 Å². The van der Waals surface area contributed by atoms with E-state index < -0.39 is 0 Å². The summed E-state index contributed by atoms with van der Waals surface area (Å²) in [4.78, 5) is 1.03. The van der Waals surface area contributed by atoms with Gasteiger partial charge in [0.25, 0.3) is 0 Å². The van der Waals surface area contributed by atoms with Crippen molar-refractivity contribution in [1.29, 1.82) is 0 Å². The van der Waals surface area contributed by atoms with Crippen molar-refractivity contribution < 1.29 is 9.47 Å². The summed E-state index contributed by atoms with van der Waals surface area (Å²) in [6.07, 6.45) is 0. The molecule has 1 aromatic carbocycles. The Morgan fingerprint density at radius 2 is 2.07 bits per heavy atom. The molecule has 0 radical (unpaired) electrons. The van der Waals surface area contributed by atoms with Gasteiger partial charge in [-0.3, -0.25) is 0 Å². The quantitative estimate of drug-likeness (QED) is 0.766. The minimum absolute atomic E-state index is 0.294. The first kappa shape index (κ1) is 9.00. The maximum atomic E-state index is 5.77. The van der Waals surface area contributed by atoms with Crippen molar-refractivity contribution in [3.63, 3.8) is 0 Å². The van der Waals surface area contributed by atoms with E-state index in [1.807, 2.05) is 24.3 Å². The summed E-state index contributed by atoms with van der Waals surface area (Å²) in [5.74, 6) is 1.56. The molecule has 1 aliphatic heterocycles. The van der Waals surface area contributed by atoms with Crippen LogP contribution in [-0.4, -0.2) is 11.2 Å². The fourth-order valence-electron chi connectivity index (χ4n) is 1.44. The van der Waals surface area contributed by atoms with E-state index in [-0.39, 0.29) is 0 Å². The summed E-state index contributed by atoms with van der Waals surface area (Å²) in [5, 5.41) is 0.521. The average molecular weight is 240 g/mol. The molecule has 0 amide bonds. The SMILES string of the molecule is Clc1cc(-c2ccc3c(c2)OCO3)sn1. The van der Waals surface area contributed by atoms with Crippen LogP contribution < -0.4 is 9.47 Å². The van der Waals surface area contributed by atoms with Crippen LogP contribution in [0.4, 0.5) is 0 Å². The van der Waals surface area contributed by atoms with Crippen LogP contribution in [0.5, 0.6) is 11.5 Å². The van der Waals surface area contributed by atoms with E-state index in [1.54, 1.807) is 0 Å². The monoisotopic (exact) mass is 239 g/mol. The molecule has 76 valence electrons. The fourth-order valence-corrected chi connectivity index (χ4v) is 2.35. The highest BCUT2D eigenvalue weighted by molar-refractivity contribution is 7.09. The van der Waals surface area contributed by atoms with Gasteiger partial charge in [0.05, 0.1) is 4.88 Å². The third-order valence-corrected chi connectivity index (χ3v) is 3.27. The van der Waals surface area contributed by atoms with Gasteiger partial charge in [-0.2, -0.15) is 4.37 Å². The van der Waals surface area contributed by atoms with E-state index in [0.29, 0.717) is 11.9 Å². The van der Waals surface area contributed by atoms with Crippen LogP contribution in [0.3, 0.4) is 0 Å². The number of fused-ring (bicyclic) bond motifs is 1. The van der Waals surface area contributed by atoms with E-state index in [2.05, 4.69) is 4.37 Å². The minimum Gasteiger partial charge on any atom is -0.454 e. The van der Waals surface area contributed by atoms with Crippen LogP contribution >= 0.6 is 23.1 Å². The molecule has 0 fully saturated rings. The highest BCUT2D eigenvalue weighted by Crippen LogP contribution is 2.37. The van der Waals surface area contributed by atoms with Crippen molar-refractivity contribution in [1.82, 2.24) is 4.37 Å². The van der Waals surface area contributed by atoms with E-state index in [1.165, 1.54) is 11.5 Å². The van der Waals surface area contributed by atoms with Gasteiger partial charge in [0.2, 0.25) is 6.79 Å². The Hall–Kier alpha value is -1.26. The molecule has 0 saturated heterocycles. The molecule has 2 aromatic rings. The van der Waals surface area contributed by atoms with E-state index >= 15 is 0 Å². The lowest BCUT2D eigenvalue weighted by atomic mass is 10.2. The Kier molecular flexibility index (Phi) is 2.04. The molecule has 3 rings (SSSR count). The zero-order valence-corrected chi connectivity index (χ0v) is 9.14. The van der Waals surface area contributed by atoms with Crippen LogP contribution in [0.25, 0.3) is 10.4 Å². The Morgan fingerprint density at radius 1 is 1.20 bits per heavy atom. The predicted molar refractivity (Wildman–Crippen MR) is 58.7 cm³/mol. The third kappa shape index (κ3) is 1.56. The number of rotatable bonds is 1. The summed E-state index contributed by atoms with van der Waals surface area (Å²) in [5.41, 5.74) is 1.05. The van der Waals surface area contributed by atoms with Crippen LogP contribution in [0.2, 0.25) is 5.15 Å². The van der Waals surface area contributed by atoms with Crippen molar-refractivity contribution in [3.05, 3.63) is 29.4 Å². The molecule has 15 heavy (non-hydrogen) atoms. The lowest BCUT2D eigenvalue weighted by Gasteiger charge is -1.98. The average Bonchev–Trinajstić information content (AvgIpc) is 2.84. The second-order valence-corrected chi connectivity index (χ2v) is 4.27. The molecule has 0 atom stereocenters. The molecule has 2 heterocycles. The Balaban J connectivity index is 2.06. The highest BCUT2D eigenvalue weighted by atomic mass is 35.5. The third-order valence-electron chi connectivity index (χ3n) is 2.14. The molecule has 1 aliphatic rings. The first-order valence-electron chi connectivity index (χ1n) is 4.35. The number of aromatic nitrogens is 1. The largest absolute Gasteiger partial charge is 0.454 e. The van der Waals surface area contributed by atoms with Crippen molar-refractivity contribution in [3.8, 4) is 21.9 Å². The molecule has 0 N–H and O–H groups in total. The molecular weight excluding hydrogens is 234 g/mol. The Labute approximate surface area is 95.4 Å². The highest BCUT2D eigenvalue weighted by Gasteiger charge is 2.14. The van der Waals surface area contributed by atoms with Gasteiger partial charge in [-0.1, -0.05) is 11.6 Å².